The molecule has 1 aromatic carbocycles. The van der Waals surface area contributed by atoms with Crippen molar-refractivity contribution in [3.05, 3.63) is 27.2 Å². The Morgan fingerprint density at radius 3 is 2.37 bits per heavy atom. The summed E-state index contributed by atoms with van der Waals surface area (Å²) >= 11 is 17.7. The summed E-state index contributed by atoms with van der Waals surface area (Å²) in [6.45, 7) is 4.00. The van der Waals surface area contributed by atoms with Gasteiger partial charge in [0, 0.05) is 6.07 Å². The molecule has 0 bridgehead atoms. The number of hydrogen-bond acceptors (Lipinski definition) is 3. The molecule has 0 aliphatic rings. The van der Waals surface area contributed by atoms with Crippen molar-refractivity contribution >= 4 is 40.8 Å². The van der Waals surface area contributed by atoms with Gasteiger partial charge >= 0.3 is 5.97 Å². The van der Waals surface area contributed by atoms with Crippen molar-refractivity contribution in [2.75, 3.05) is 6.61 Å². The van der Waals surface area contributed by atoms with E-state index in [-0.39, 0.29) is 0 Å². The Morgan fingerprint density at radius 1 is 1.16 bits per heavy atom. The van der Waals surface area contributed by atoms with Crippen molar-refractivity contribution in [1.29, 1.82) is 0 Å². The van der Waals surface area contributed by atoms with Crippen LogP contribution in [-0.4, -0.2) is 18.7 Å². The van der Waals surface area contributed by atoms with Gasteiger partial charge < -0.3 is 9.47 Å². The molecule has 1 atom stereocenters. The number of rotatable bonds is 6. The number of benzene rings is 1. The zero-order valence-corrected chi connectivity index (χ0v) is 13.0. The number of hydrogen-bond donors (Lipinski definition) is 0. The van der Waals surface area contributed by atoms with Crippen molar-refractivity contribution in [3.63, 3.8) is 0 Å². The molecule has 0 fully saturated rings. The normalized spacial score (nSPS) is 12.1. The van der Waals surface area contributed by atoms with E-state index in [0.717, 1.165) is 6.42 Å². The molecule has 0 saturated heterocycles. The lowest BCUT2D eigenvalue weighted by molar-refractivity contribution is -0.151. The molecule has 1 unspecified atom stereocenters. The van der Waals surface area contributed by atoms with Gasteiger partial charge in [0.1, 0.15) is 5.75 Å². The Labute approximate surface area is 127 Å². The third kappa shape index (κ3) is 4.75. The highest BCUT2D eigenvalue weighted by molar-refractivity contribution is 6.43. The van der Waals surface area contributed by atoms with Crippen LogP contribution in [0.25, 0.3) is 0 Å². The predicted octanol–water partition coefficient (Wildman–Crippen LogP) is 4.76. The molecule has 6 heteroatoms. The first-order valence-corrected chi connectivity index (χ1v) is 7.10. The van der Waals surface area contributed by atoms with E-state index in [1.807, 2.05) is 6.92 Å². The summed E-state index contributed by atoms with van der Waals surface area (Å²) in [5, 5.41) is 0.960. The van der Waals surface area contributed by atoms with Crippen molar-refractivity contribution in [2.24, 2.45) is 0 Å². The molecule has 0 radical (unpaired) electrons. The van der Waals surface area contributed by atoms with E-state index < -0.39 is 12.1 Å². The maximum absolute atomic E-state index is 11.8. The number of carbonyl (C=O) groups excluding carboxylic acids is 1. The monoisotopic (exact) mass is 324 g/mol. The average Bonchev–Trinajstić information content (AvgIpc) is 2.35. The summed E-state index contributed by atoms with van der Waals surface area (Å²) in [6, 6.07) is 2.98. The summed E-state index contributed by atoms with van der Waals surface area (Å²) < 4.78 is 10.5. The van der Waals surface area contributed by atoms with E-state index in [1.165, 1.54) is 12.1 Å². The van der Waals surface area contributed by atoms with Crippen LogP contribution in [0.4, 0.5) is 0 Å². The van der Waals surface area contributed by atoms with Crippen molar-refractivity contribution in [1.82, 2.24) is 0 Å². The van der Waals surface area contributed by atoms with Gasteiger partial charge in [-0.1, -0.05) is 48.1 Å². The first-order valence-electron chi connectivity index (χ1n) is 5.97. The summed E-state index contributed by atoms with van der Waals surface area (Å²) in [6.07, 6.45) is 0.623. The average molecular weight is 326 g/mol. The molecule has 0 aliphatic heterocycles. The van der Waals surface area contributed by atoms with Gasteiger partial charge in [-0.2, -0.15) is 0 Å². The van der Waals surface area contributed by atoms with E-state index in [4.69, 9.17) is 44.3 Å². The Morgan fingerprint density at radius 2 is 1.79 bits per heavy atom. The van der Waals surface area contributed by atoms with Crippen molar-refractivity contribution < 1.29 is 14.3 Å². The largest absolute Gasteiger partial charge is 0.477 e. The van der Waals surface area contributed by atoms with Crippen LogP contribution < -0.4 is 4.74 Å². The van der Waals surface area contributed by atoms with E-state index in [9.17, 15) is 4.79 Å². The molecule has 0 aromatic heterocycles. The summed E-state index contributed by atoms with van der Waals surface area (Å²) in [7, 11) is 0. The molecule has 1 rings (SSSR count). The van der Waals surface area contributed by atoms with Gasteiger partial charge in [-0.3, -0.25) is 0 Å². The van der Waals surface area contributed by atoms with Crippen molar-refractivity contribution in [2.45, 2.75) is 32.8 Å². The Kier molecular flexibility index (Phi) is 6.76. The van der Waals surface area contributed by atoms with E-state index in [1.54, 1.807) is 6.92 Å². The minimum atomic E-state index is -0.695. The van der Waals surface area contributed by atoms with Gasteiger partial charge in [-0.15, -0.1) is 0 Å². The van der Waals surface area contributed by atoms with Gasteiger partial charge in [0.05, 0.1) is 21.7 Å². The molecule has 0 amide bonds. The molecule has 0 saturated carbocycles. The first-order chi connectivity index (χ1) is 8.99. The lowest BCUT2D eigenvalue weighted by atomic mass is 10.2. The number of halogens is 3. The Balaban J connectivity index is 2.90. The van der Waals surface area contributed by atoms with Crippen LogP contribution in [-0.2, 0) is 9.53 Å². The number of ether oxygens (including phenoxy) is 2. The fourth-order valence-electron chi connectivity index (χ4n) is 1.47. The van der Waals surface area contributed by atoms with Gasteiger partial charge in [0.25, 0.3) is 0 Å². The molecule has 3 nitrogen and oxygen atoms in total. The van der Waals surface area contributed by atoms with E-state index in [0.29, 0.717) is 33.8 Å². The van der Waals surface area contributed by atoms with Gasteiger partial charge in [0.2, 0.25) is 0 Å². The lowest BCUT2D eigenvalue weighted by Gasteiger charge is -2.18. The number of carbonyl (C=O) groups is 1. The summed E-state index contributed by atoms with van der Waals surface area (Å²) in [4.78, 5) is 11.8. The second kappa shape index (κ2) is 7.83. The smallest absolute Gasteiger partial charge is 0.347 e. The second-order valence-electron chi connectivity index (χ2n) is 3.84. The van der Waals surface area contributed by atoms with E-state index >= 15 is 0 Å². The SMILES string of the molecule is CCCC(Oc1cc(Cl)c(Cl)cc1Cl)C(=O)OCC. The van der Waals surface area contributed by atoms with Crippen LogP contribution in [0.15, 0.2) is 12.1 Å². The summed E-state index contributed by atoms with van der Waals surface area (Å²) in [5.41, 5.74) is 0. The minimum absolute atomic E-state index is 0.303. The molecule has 19 heavy (non-hydrogen) atoms. The molecule has 1 aromatic rings. The van der Waals surface area contributed by atoms with Crippen LogP contribution in [0.3, 0.4) is 0 Å². The highest BCUT2D eigenvalue weighted by Crippen LogP contribution is 2.34. The fraction of sp³-hybridized carbons (Fsp3) is 0.462. The minimum Gasteiger partial charge on any atom is -0.477 e. The lowest BCUT2D eigenvalue weighted by Crippen LogP contribution is -2.29. The first kappa shape index (κ1) is 16.4. The van der Waals surface area contributed by atoms with Crippen LogP contribution in [0.1, 0.15) is 26.7 Å². The van der Waals surface area contributed by atoms with Gasteiger partial charge in [-0.05, 0) is 19.4 Å². The van der Waals surface area contributed by atoms with Crippen LogP contribution in [0, 0.1) is 0 Å². The molecule has 0 spiro atoms. The van der Waals surface area contributed by atoms with Gasteiger partial charge in [-0.25, -0.2) is 4.79 Å². The molecule has 0 heterocycles. The Hall–Kier alpha value is -0.640. The summed E-state index contributed by atoms with van der Waals surface area (Å²) in [5.74, 6) is -0.0888. The number of esters is 1. The highest BCUT2D eigenvalue weighted by Gasteiger charge is 2.22. The van der Waals surface area contributed by atoms with Crippen LogP contribution in [0.5, 0.6) is 5.75 Å². The maximum Gasteiger partial charge on any atom is 0.347 e. The quantitative estimate of drug-likeness (QED) is 0.559. The van der Waals surface area contributed by atoms with Crippen LogP contribution in [0.2, 0.25) is 15.1 Å². The fourth-order valence-corrected chi connectivity index (χ4v) is 2.05. The van der Waals surface area contributed by atoms with Crippen molar-refractivity contribution in [3.8, 4) is 5.75 Å². The Bertz CT molecular complexity index is 449. The van der Waals surface area contributed by atoms with E-state index in [2.05, 4.69) is 0 Å². The zero-order valence-electron chi connectivity index (χ0n) is 10.7. The highest BCUT2D eigenvalue weighted by atomic mass is 35.5. The third-order valence-electron chi connectivity index (χ3n) is 2.34. The predicted molar refractivity (Wildman–Crippen MR) is 77.4 cm³/mol. The standard InChI is InChI=1S/C13H15Cl3O3/c1-3-5-11(13(17)18-4-2)19-12-7-9(15)8(14)6-10(12)16/h6-7,11H,3-5H2,1-2H3. The molecular weight excluding hydrogens is 310 g/mol. The molecule has 0 aliphatic carbocycles. The topological polar surface area (TPSA) is 35.5 Å². The zero-order chi connectivity index (χ0) is 14.4. The molecule has 0 N–H and O–H groups in total. The van der Waals surface area contributed by atoms with Crippen LogP contribution >= 0.6 is 34.8 Å². The third-order valence-corrected chi connectivity index (χ3v) is 3.36. The maximum atomic E-state index is 11.8. The molecule has 106 valence electrons. The van der Waals surface area contributed by atoms with Gasteiger partial charge in [0.15, 0.2) is 6.10 Å². The second-order valence-corrected chi connectivity index (χ2v) is 5.07. The molecular formula is C13H15Cl3O3.